The van der Waals surface area contributed by atoms with Crippen LogP contribution >= 0.6 is 0 Å². The number of hydrogen-bond donors (Lipinski definition) is 1. The van der Waals surface area contributed by atoms with Crippen LogP contribution in [0.3, 0.4) is 0 Å². The molecule has 0 radical (unpaired) electrons. The molecule has 2 aromatic heterocycles. The van der Waals surface area contributed by atoms with E-state index in [1.165, 1.54) is 19.3 Å². The molecule has 1 aliphatic heterocycles. The van der Waals surface area contributed by atoms with E-state index >= 15 is 0 Å². The number of morpholine rings is 1. The molecule has 0 spiro atoms. The maximum Gasteiger partial charge on any atom is 0.230 e. The van der Waals surface area contributed by atoms with E-state index in [9.17, 15) is 0 Å². The molecule has 2 aliphatic rings. The van der Waals surface area contributed by atoms with Crippen molar-refractivity contribution in [2.45, 2.75) is 44.8 Å². The van der Waals surface area contributed by atoms with Crippen LogP contribution in [0.4, 0.5) is 0 Å². The summed E-state index contributed by atoms with van der Waals surface area (Å²) in [7, 11) is 0. The Morgan fingerprint density at radius 3 is 2.95 bits per heavy atom. The molecule has 3 heterocycles. The van der Waals surface area contributed by atoms with Crippen molar-refractivity contribution in [1.29, 1.82) is 0 Å². The zero-order valence-corrected chi connectivity index (χ0v) is 12.7. The van der Waals surface area contributed by atoms with Crippen LogP contribution in [-0.2, 0) is 11.3 Å². The lowest BCUT2D eigenvalue weighted by Gasteiger charge is -2.30. The van der Waals surface area contributed by atoms with Crippen LogP contribution in [0.1, 0.15) is 54.7 Å². The summed E-state index contributed by atoms with van der Waals surface area (Å²) < 4.78 is 11.6. The van der Waals surface area contributed by atoms with Crippen molar-refractivity contribution in [3.63, 3.8) is 0 Å². The van der Waals surface area contributed by atoms with E-state index in [1.54, 1.807) is 0 Å². The fraction of sp³-hybridized carbons (Fsp3) is 0.714. The lowest BCUT2D eigenvalue weighted by Crippen LogP contribution is -2.38. The molecule has 0 bridgehead atoms. The van der Waals surface area contributed by atoms with E-state index < -0.39 is 0 Å². The fourth-order valence-electron chi connectivity index (χ4n) is 2.85. The van der Waals surface area contributed by atoms with Crippen LogP contribution < -0.4 is 0 Å². The molecule has 1 N–H and O–H groups in total. The Hall–Kier alpha value is -1.80. The van der Waals surface area contributed by atoms with E-state index in [-0.39, 0.29) is 6.10 Å². The molecule has 8 heteroatoms. The second-order valence-electron chi connectivity index (χ2n) is 6.04. The van der Waals surface area contributed by atoms with Crippen molar-refractivity contribution < 1.29 is 9.15 Å². The quantitative estimate of drug-likeness (QED) is 0.911. The molecular formula is C14H20N6O2. The van der Waals surface area contributed by atoms with Crippen LogP contribution in [0.25, 0.3) is 0 Å². The SMILES string of the molecule is Cc1nc([C@@H]2CN(Cc3nnc(C4CCC4)o3)CCO2)n[nH]1. The topological polar surface area (TPSA) is 93.0 Å². The van der Waals surface area contributed by atoms with Gasteiger partial charge in [0.05, 0.1) is 13.2 Å². The highest BCUT2D eigenvalue weighted by Gasteiger charge is 2.28. The van der Waals surface area contributed by atoms with E-state index in [4.69, 9.17) is 9.15 Å². The molecule has 22 heavy (non-hydrogen) atoms. The summed E-state index contributed by atoms with van der Waals surface area (Å²) in [6.07, 6.45) is 3.51. The first-order valence-corrected chi connectivity index (χ1v) is 7.83. The lowest BCUT2D eigenvalue weighted by atomic mass is 9.85. The van der Waals surface area contributed by atoms with Gasteiger partial charge in [0.2, 0.25) is 11.8 Å². The highest BCUT2D eigenvalue weighted by atomic mass is 16.5. The molecule has 0 amide bonds. The third-order valence-corrected chi connectivity index (χ3v) is 4.35. The van der Waals surface area contributed by atoms with Gasteiger partial charge in [-0.3, -0.25) is 10.00 Å². The van der Waals surface area contributed by atoms with Gasteiger partial charge in [0, 0.05) is 19.0 Å². The molecule has 0 aromatic carbocycles. The van der Waals surface area contributed by atoms with Crippen LogP contribution in [0.2, 0.25) is 0 Å². The first-order chi connectivity index (χ1) is 10.8. The Bertz CT molecular complexity index is 635. The average molecular weight is 304 g/mol. The van der Waals surface area contributed by atoms with Crippen LogP contribution in [0, 0.1) is 6.92 Å². The second kappa shape index (κ2) is 5.77. The Morgan fingerprint density at radius 2 is 2.23 bits per heavy atom. The van der Waals surface area contributed by atoms with Crippen LogP contribution in [0.15, 0.2) is 4.42 Å². The monoisotopic (exact) mass is 304 g/mol. The van der Waals surface area contributed by atoms with Gasteiger partial charge in [-0.2, -0.15) is 5.10 Å². The molecular weight excluding hydrogens is 284 g/mol. The fourth-order valence-corrected chi connectivity index (χ4v) is 2.85. The third kappa shape index (κ3) is 2.76. The van der Waals surface area contributed by atoms with Crippen molar-refractivity contribution in [3.8, 4) is 0 Å². The van der Waals surface area contributed by atoms with Gasteiger partial charge >= 0.3 is 0 Å². The van der Waals surface area contributed by atoms with E-state index in [0.29, 0.717) is 30.8 Å². The molecule has 118 valence electrons. The second-order valence-corrected chi connectivity index (χ2v) is 6.04. The molecule has 4 rings (SSSR count). The molecule has 2 aromatic rings. The number of H-pyrrole nitrogens is 1. The van der Waals surface area contributed by atoms with Gasteiger partial charge < -0.3 is 9.15 Å². The minimum absolute atomic E-state index is 0.104. The zero-order chi connectivity index (χ0) is 14.9. The van der Waals surface area contributed by atoms with Crippen molar-refractivity contribution in [3.05, 3.63) is 23.4 Å². The summed E-state index contributed by atoms with van der Waals surface area (Å²) in [5, 5.41) is 15.4. The number of aromatic nitrogens is 5. The lowest BCUT2D eigenvalue weighted by molar-refractivity contribution is -0.0393. The van der Waals surface area contributed by atoms with Gasteiger partial charge in [-0.25, -0.2) is 4.98 Å². The molecule has 8 nitrogen and oxygen atoms in total. The van der Waals surface area contributed by atoms with Gasteiger partial charge in [0.25, 0.3) is 0 Å². The van der Waals surface area contributed by atoms with E-state index in [1.807, 2.05) is 6.92 Å². The first-order valence-electron chi connectivity index (χ1n) is 7.83. The Kier molecular flexibility index (Phi) is 3.63. The average Bonchev–Trinajstić information content (AvgIpc) is 3.07. The minimum Gasteiger partial charge on any atom is -0.424 e. The minimum atomic E-state index is -0.104. The summed E-state index contributed by atoms with van der Waals surface area (Å²) in [5.74, 6) is 3.49. The Labute approximate surface area is 128 Å². The van der Waals surface area contributed by atoms with Crippen molar-refractivity contribution >= 4 is 0 Å². The predicted molar refractivity (Wildman–Crippen MR) is 76.0 cm³/mol. The maximum absolute atomic E-state index is 5.79. The largest absolute Gasteiger partial charge is 0.424 e. The van der Waals surface area contributed by atoms with Gasteiger partial charge in [-0.15, -0.1) is 10.2 Å². The number of ether oxygens (including phenoxy) is 1. The summed E-state index contributed by atoms with van der Waals surface area (Å²) in [6.45, 7) is 4.78. The van der Waals surface area contributed by atoms with E-state index in [0.717, 1.165) is 24.8 Å². The summed E-state index contributed by atoms with van der Waals surface area (Å²) >= 11 is 0. The highest BCUT2D eigenvalue weighted by molar-refractivity contribution is 4.98. The number of hydrogen-bond acceptors (Lipinski definition) is 7. The van der Waals surface area contributed by atoms with Crippen LogP contribution in [0.5, 0.6) is 0 Å². The van der Waals surface area contributed by atoms with E-state index in [2.05, 4.69) is 30.3 Å². The molecule has 2 fully saturated rings. The predicted octanol–water partition coefficient (Wildman–Crippen LogP) is 1.34. The Morgan fingerprint density at radius 1 is 1.32 bits per heavy atom. The van der Waals surface area contributed by atoms with Gasteiger partial charge in [-0.05, 0) is 19.8 Å². The number of aromatic amines is 1. The summed E-state index contributed by atoms with van der Waals surface area (Å²) in [5.41, 5.74) is 0. The molecule has 1 saturated heterocycles. The third-order valence-electron chi connectivity index (χ3n) is 4.35. The molecule has 1 aliphatic carbocycles. The van der Waals surface area contributed by atoms with Crippen molar-refractivity contribution in [2.24, 2.45) is 0 Å². The van der Waals surface area contributed by atoms with Crippen molar-refractivity contribution in [2.75, 3.05) is 19.7 Å². The zero-order valence-electron chi connectivity index (χ0n) is 12.7. The van der Waals surface area contributed by atoms with Gasteiger partial charge in [0.1, 0.15) is 11.9 Å². The standard InChI is InChI=1S/C14H20N6O2/c1-9-15-13(18-16-9)11-7-20(5-6-21-11)8-12-17-19-14(22-12)10-3-2-4-10/h10-11H,2-8H2,1H3,(H,15,16,18)/t11-/m0/s1. The number of nitrogens with one attached hydrogen (secondary N) is 1. The van der Waals surface area contributed by atoms with Gasteiger partial charge in [-0.1, -0.05) is 6.42 Å². The Balaban J connectivity index is 1.38. The van der Waals surface area contributed by atoms with Crippen molar-refractivity contribution in [1.82, 2.24) is 30.3 Å². The van der Waals surface area contributed by atoms with Gasteiger partial charge in [0.15, 0.2) is 5.82 Å². The molecule has 1 saturated carbocycles. The summed E-state index contributed by atoms with van der Waals surface area (Å²) in [6, 6.07) is 0. The highest BCUT2D eigenvalue weighted by Crippen LogP contribution is 2.35. The number of nitrogens with zero attached hydrogens (tertiary/aromatic N) is 5. The maximum atomic E-state index is 5.79. The smallest absolute Gasteiger partial charge is 0.230 e. The number of aryl methyl sites for hydroxylation is 1. The van der Waals surface area contributed by atoms with Crippen LogP contribution in [-0.4, -0.2) is 50.0 Å². The summed E-state index contributed by atoms with van der Waals surface area (Å²) in [4.78, 5) is 6.60. The normalized spacial score (nSPS) is 23.6. The number of rotatable bonds is 4. The first kappa shape index (κ1) is 13.8. The molecule has 0 unspecified atom stereocenters. The molecule has 1 atom stereocenters.